The third-order valence-corrected chi connectivity index (χ3v) is 8.72. The summed E-state index contributed by atoms with van der Waals surface area (Å²) in [5, 5.41) is -1.27. The van der Waals surface area contributed by atoms with E-state index >= 15 is 0 Å². The van der Waals surface area contributed by atoms with Gasteiger partial charge in [0.2, 0.25) is 0 Å². The molecule has 6 unspecified atom stereocenters. The highest BCUT2D eigenvalue weighted by Gasteiger charge is 2.32. The molecule has 19 heteroatoms. The van der Waals surface area contributed by atoms with Crippen molar-refractivity contribution in [2.75, 3.05) is 6.61 Å². The molecule has 0 radical (unpaired) electrons. The maximum absolute atomic E-state index is 11.2. The molecule has 39 heavy (non-hydrogen) atoms. The van der Waals surface area contributed by atoms with E-state index in [0.717, 1.165) is 32.1 Å². The lowest BCUT2D eigenvalue weighted by Gasteiger charge is -2.25. The van der Waals surface area contributed by atoms with E-state index in [1.54, 1.807) is 0 Å². The van der Waals surface area contributed by atoms with Gasteiger partial charge in [-0.2, -0.15) is 25.3 Å². The number of rotatable bonds is 24. The third kappa shape index (κ3) is 25.0. The number of halogens is 4. The minimum Gasteiger partial charge on any atom is -0.264 e. The summed E-state index contributed by atoms with van der Waals surface area (Å²) in [7, 11) is -14.3. The van der Waals surface area contributed by atoms with Crippen molar-refractivity contribution >= 4 is 77.6 Å². The molecule has 0 bridgehead atoms. The van der Waals surface area contributed by atoms with Gasteiger partial charge in [-0.15, -0.1) is 46.4 Å². The lowest BCUT2D eigenvalue weighted by atomic mass is 10.0. The van der Waals surface area contributed by atoms with Crippen molar-refractivity contribution in [1.29, 1.82) is 0 Å². The molecule has 0 aliphatic carbocycles. The molecule has 0 heterocycles. The predicted molar refractivity (Wildman–Crippen MR) is 150 cm³/mol. The van der Waals surface area contributed by atoms with E-state index in [-0.39, 0.29) is 42.0 Å². The maximum atomic E-state index is 11.2. The second kappa shape index (κ2) is 19.9. The van der Waals surface area contributed by atoms with Gasteiger partial charge in [0.1, 0.15) is 12.2 Å². The van der Waals surface area contributed by atoms with Gasteiger partial charge in [0.05, 0.1) is 6.61 Å². The molecule has 236 valence electrons. The van der Waals surface area contributed by atoms with E-state index in [4.69, 9.17) is 60.1 Å². The zero-order chi connectivity index (χ0) is 30.3. The highest BCUT2D eigenvalue weighted by molar-refractivity contribution is 7.81. The Morgan fingerprint density at radius 3 is 1.44 bits per heavy atom. The average molecular weight is 709 g/mol. The Labute approximate surface area is 252 Å². The fraction of sp³-hybridized carbons (Fsp3) is 1.00. The van der Waals surface area contributed by atoms with Crippen LogP contribution in [0.1, 0.15) is 84.0 Å². The first-order valence-electron chi connectivity index (χ1n) is 12.3. The van der Waals surface area contributed by atoms with Crippen LogP contribution in [0.25, 0.3) is 0 Å². The first-order chi connectivity index (χ1) is 17.8. The van der Waals surface area contributed by atoms with Crippen molar-refractivity contribution in [2.45, 2.75) is 118 Å². The van der Waals surface area contributed by atoms with Crippen LogP contribution in [-0.4, -0.2) is 79.2 Å². The van der Waals surface area contributed by atoms with Gasteiger partial charge in [-0.25, -0.2) is 12.5 Å². The van der Waals surface area contributed by atoms with Gasteiger partial charge in [0.15, 0.2) is 0 Å². The van der Waals surface area contributed by atoms with Crippen molar-refractivity contribution in [3.05, 3.63) is 0 Å². The van der Waals surface area contributed by atoms with Crippen LogP contribution < -0.4 is 0 Å². The molecule has 6 atom stereocenters. The Hall–Kier alpha value is 0.770. The van der Waals surface area contributed by atoms with E-state index in [9.17, 15) is 25.3 Å². The van der Waals surface area contributed by atoms with Crippen LogP contribution in [0.3, 0.4) is 0 Å². The summed E-state index contributed by atoms with van der Waals surface area (Å²) in [6.07, 6.45) is 3.19. The topological polar surface area (TPSA) is 191 Å². The fourth-order valence-corrected chi connectivity index (χ4v) is 6.22. The molecular formula is C20H38Cl4O12S3. The van der Waals surface area contributed by atoms with Gasteiger partial charge < -0.3 is 0 Å². The Kier molecular flexibility index (Phi) is 20.3. The third-order valence-electron chi connectivity index (χ3n) is 5.57. The van der Waals surface area contributed by atoms with Crippen molar-refractivity contribution in [3.8, 4) is 0 Å². The van der Waals surface area contributed by atoms with Crippen LogP contribution in [0, 0.1) is 0 Å². The van der Waals surface area contributed by atoms with E-state index in [1.165, 1.54) is 6.92 Å². The summed E-state index contributed by atoms with van der Waals surface area (Å²) >= 11 is 25.1. The standard InChI is InChI=1S/C20H38Cl4O12S3/c1-2-19(35-38(28,29)30)20(36-39(31,32)33)14-18(24)11-10-16(22)9-5-8-15(21)6-3-4-7-17(23)12-13-34-37(25,26)27/h15-20H,2-14H2,1H3,(H,25,26,27)(H,28,29,30)(H,31,32,33). The van der Waals surface area contributed by atoms with Gasteiger partial charge in [-0.05, 0) is 57.8 Å². The zero-order valence-corrected chi connectivity index (χ0v) is 26.9. The second-order valence-corrected chi connectivity index (χ2v) is 14.6. The number of hydrogen-bond donors (Lipinski definition) is 3. The lowest BCUT2D eigenvalue weighted by Crippen LogP contribution is -2.36. The summed E-state index contributed by atoms with van der Waals surface area (Å²) in [5.41, 5.74) is 0. The van der Waals surface area contributed by atoms with Crippen molar-refractivity contribution in [2.24, 2.45) is 0 Å². The maximum Gasteiger partial charge on any atom is 0.397 e. The molecule has 0 aliphatic rings. The molecule has 0 saturated heterocycles. The SMILES string of the molecule is CCC(OS(=O)(=O)O)C(CC(Cl)CCC(Cl)CCCC(Cl)CCCCC(Cl)CCOS(=O)(=O)O)OS(=O)(=O)O. The van der Waals surface area contributed by atoms with Gasteiger partial charge in [0, 0.05) is 21.5 Å². The largest absolute Gasteiger partial charge is 0.397 e. The Morgan fingerprint density at radius 2 is 0.974 bits per heavy atom. The van der Waals surface area contributed by atoms with Crippen LogP contribution in [0.2, 0.25) is 0 Å². The summed E-state index contributed by atoms with van der Waals surface area (Å²) in [5.74, 6) is 0. The summed E-state index contributed by atoms with van der Waals surface area (Å²) in [6.45, 7) is 1.29. The van der Waals surface area contributed by atoms with Crippen molar-refractivity contribution < 1.29 is 51.5 Å². The van der Waals surface area contributed by atoms with Gasteiger partial charge in [-0.1, -0.05) is 26.2 Å². The van der Waals surface area contributed by atoms with Crippen LogP contribution in [-0.2, 0) is 43.7 Å². The number of hydrogen-bond acceptors (Lipinski definition) is 9. The zero-order valence-electron chi connectivity index (χ0n) is 21.4. The Bertz CT molecular complexity index is 982. The number of unbranched alkanes of at least 4 members (excludes halogenated alkanes) is 1. The first-order valence-corrected chi connectivity index (χ1v) is 18.1. The lowest BCUT2D eigenvalue weighted by molar-refractivity contribution is 0.0380. The van der Waals surface area contributed by atoms with E-state index < -0.39 is 48.8 Å². The summed E-state index contributed by atoms with van der Waals surface area (Å²) in [4.78, 5) is 0. The van der Waals surface area contributed by atoms with Gasteiger partial charge in [-0.3, -0.25) is 13.7 Å². The molecule has 0 saturated carbocycles. The van der Waals surface area contributed by atoms with E-state index in [2.05, 4.69) is 12.5 Å². The predicted octanol–water partition coefficient (Wildman–Crippen LogP) is 5.31. The quantitative estimate of drug-likeness (QED) is 0.0666. The molecule has 0 spiro atoms. The van der Waals surface area contributed by atoms with Gasteiger partial charge in [0.25, 0.3) is 0 Å². The molecule has 0 aliphatic heterocycles. The van der Waals surface area contributed by atoms with Crippen LogP contribution in [0.5, 0.6) is 0 Å². The summed E-state index contributed by atoms with van der Waals surface area (Å²) < 4.78 is 105. The molecular weight excluding hydrogens is 670 g/mol. The average Bonchev–Trinajstić information content (AvgIpc) is 2.76. The highest BCUT2D eigenvalue weighted by atomic mass is 35.5. The molecule has 0 aromatic rings. The molecule has 0 aromatic carbocycles. The van der Waals surface area contributed by atoms with Crippen molar-refractivity contribution in [3.63, 3.8) is 0 Å². The summed E-state index contributed by atoms with van der Waals surface area (Å²) in [6, 6.07) is 0. The van der Waals surface area contributed by atoms with Crippen molar-refractivity contribution in [1.82, 2.24) is 0 Å². The number of alkyl halides is 4. The molecule has 0 rings (SSSR count). The highest BCUT2D eigenvalue weighted by Crippen LogP contribution is 2.26. The van der Waals surface area contributed by atoms with Crippen LogP contribution in [0.15, 0.2) is 0 Å². The normalized spacial score (nSPS) is 17.8. The minimum absolute atomic E-state index is 0.0558. The van der Waals surface area contributed by atoms with E-state index in [1.807, 2.05) is 0 Å². The minimum atomic E-state index is -4.95. The molecule has 0 aromatic heterocycles. The van der Waals surface area contributed by atoms with Gasteiger partial charge >= 0.3 is 31.2 Å². The first kappa shape index (κ1) is 39.8. The smallest absolute Gasteiger partial charge is 0.264 e. The van der Waals surface area contributed by atoms with Crippen LogP contribution in [0.4, 0.5) is 0 Å². The van der Waals surface area contributed by atoms with E-state index in [0.29, 0.717) is 25.7 Å². The molecule has 0 amide bonds. The molecule has 12 nitrogen and oxygen atoms in total. The monoisotopic (exact) mass is 706 g/mol. The fourth-order valence-electron chi connectivity index (χ4n) is 3.70. The molecule has 3 N–H and O–H groups in total. The second-order valence-electron chi connectivity index (χ2n) is 8.99. The molecule has 0 fully saturated rings. The van der Waals surface area contributed by atoms with Crippen LogP contribution >= 0.6 is 46.4 Å². The Balaban J connectivity index is 4.30. The Morgan fingerprint density at radius 1 is 0.564 bits per heavy atom.